The monoisotopic (exact) mass is 340 g/mol. The summed E-state index contributed by atoms with van der Waals surface area (Å²) < 4.78 is 9.40. The van der Waals surface area contributed by atoms with E-state index < -0.39 is 29.4 Å². The summed E-state index contributed by atoms with van der Waals surface area (Å²) in [6.45, 7) is -0.238. The Labute approximate surface area is 136 Å². The van der Waals surface area contributed by atoms with Gasteiger partial charge in [-0.3, -0.25) is 20.2 Å². The molecule has 0 aliphatic carbocycles. The molecule has 4 N–H and O–H groups in total. The minimum atomic E-state index is -0.947. The maximum absolute atomic E-state index is 11.8. The van der Waals surface area contributed by atoms with Gasteiger partial charge in [0.15, 0.2) is 6.61 Å². The van der Waals surface area contributed by atoms with Crippen molar-refractivity contribution in [3.63, 3.8) is 0 Å². The highest BCUT2D eigenvalue weighted by Crippen LogP contribution is 2.20. The highest BCUT2D eigenvalue weighted by atomic mass is 16.6. The van der Waals surface area contributed by atoms with Gasteiger partial charge in [0.2, 0.25) is 0 Å². The molecular weight excluding hydrogens is 324 g/mol. The SMILES string of the molecule is COCCNC(=O)NC(=O)COC(=O)c1ccc([N+](=O)[O-])cc1N. The minimum Gasteiger partial charge on any atom is -0.452 e. The van der Waals surface area contributed by atoms with Gasteiger partial charge in [0.05, 0.1) is 22.8 Å². The van der Waals surface area contributed by atoms with Crippen LogP contribution in [0.3, 0.4) is 0 Å². The van der Waals surface area contributed by atoms with Crippen LogP contribution >= 0.6 is 0 Å². The van der Waals surface area contributed by atoms with Gasteiger partial charge in [-0.05, 0) is 6.07 Å². The second kappa shape index (κ2) is 9.05. The van der Waals surface area contributed by atoms with Crippen LogP contribution in [-0.2, 0) is 14.3 Å². The number of nitro benzene ring substituents is 1. The molecule has 0 heterocycles. The maximum Gasteiger partial charge on any atom is 0.340 e. The fraction of sp³-hybridized carbons (Fsp3) is 0.308. The average molecular weight is 340 g/mol. The second-order valence-electron chi connectivity index (χ2n) is 4.40. The van der Waals surface area contributed by atoms with Crippen LogP contribution < -0.4 is 16.4 Å². The summed E-state index contributed by atoms with van der Waals surface area (Å²) in [6, 6.07) is 2.43. The summed E-state index contributed by atoms with van der Waals surface area (Å²) in [4.78, 5) is 44.4. The van der Waals surface area contributed by atoms with Crippen LogP contribution in [0.2, 0.25) is 0 Å². The molecule has 0 atom stereocenters. The minimum absolute atomic E-state index is 0.127. The molecule has 0 unspecified atom stereocenters. The van der Waals surface area contributed by atoms with E-state index in [1.807, 2.05) is 5.32 Å². The molecule has 0 aromatic heterocycles. The van der Waals surface area contributed by atoms with Crippen LogP contribution in [-0.4, -0.2) is 49.7 Å². The van der Waals surface area contributed by atoms with Gasteiger partial charge in [0.1, 0.15) is 0 Å². The number of amides is 3. The van der Waals surface area contributed by atoms with E-state index in [0.29, 0.717) is 0 Å². The third-order valence-electron chi connectivity index (χ3n) is 2.64. The van der Waals surface area contributed by atoms with E-state index in [9.17, 15) is 24.5 Å². The number of rotatable bonds is 7. The lowest BCUT2D eigenvalue weighted by Gasteiger charge is -2.08. The van der Waals surface area contributed by atoms with Gasteiger partial charge in [0, 0.05) is 25.8 Å². The molecule has 0 bridgehead atoms. The normalized spacial score (nSPS) is 9.88. The summed E-state index contributed by atoms with van der Waals surface area (Å²) in [5, 5.41) is 14.9. The Balaban J connectivity index is 2.49. The Kier molecular flexibility index (Phi) is 7.10. The van der Waals surface area contributed by atoms with Crippen molar-refractivity contribution in [2.45, 2.75) is 0 Å². The van der Waals surface area contributed by atoms with Gasteiger partial charge in [0.25, 0.3) is 11.6 Å². The van der Waals surface area contributed by atoms with Crippen molar-refractivity contribution in [2.75, 3.05) is 32.6 Å². The molecule has 0 aliphatic heterocycles. The van der Waals surface area contributed by atoms with Crippen LogP contribution in [0.5, 0.6) is 0 Å². The van der Waals surface area contributed by atoms with Crippen LogP contribution in [0.1, 0.15) is 10.4 Å². The number of imide groups is 1. The van der Waals surface area contributed by atoms with E-state index >= 15 is 0 Å². The highest BCUT2D eigenvalue weighted by molar-refractivity contribution is 5.99. The Bertz CT molecular complexity index is 647. The Hall–Kier alpha value is -3.21. The first-order chi connectivity index (χ1) is 11.3. The van der Waals surface area contributed by atoms with Gasteiger partial charge >= 0.3 is 12.0 Å². The molecule has 1 aromatic carbocycles. The predicted octanol–water partition coefficient (Wildman–Crippen LogP) is -0.194. The molecule has 0 radical (unpaired) electrons. The van der Waals surface area contributed by atoms with Gasteiger partial charge in [-0.1, -0.05) is 0 Å². The first kappa shape index (κ1) is 18.8. The zero-order chi connectivity index (χ0) is 18.1. The topological polar surface area (TPSA) is 163 Å². The average Bonchev–Trinajstić information content (AvgIpc) is 2.52. The van der Waals surface area contributed by atoms with Gasteiger partial charge < -0.3 is 20.5 Å². The lowest BCUT2D eigenvalue weighted by Crippen LogP contribution is -2.42. The zero-order valence-corrected chi connectivity index (χ0v) is 12.7. The molecule has 0 spiro atoms. The number of nitrogens with zero attached hydrogens (tertiary/aromatic N) is 1. The van der Waals surface area contributed by atoms with Crippen molar-refractivity contribution in [1.29, 1.82) is 0 Å². The van der Waals surface area contributed by atoms with Crippen LogP contribution in [0.4, 0.5) is 16.2 Å². The Morgan fingerprint density at radius 3 is 2.62 bits per heavy atom. The van der Waals surface area contributed by atoms with Crippen molar-refractivity contribution >= 4 is 29.3 Å². The molecule has 11 nitrogen and oxygen atoms in total. The Morgan fingerprint density at radius 1 is 1.33 bits per heavy atom. The number of carbonyl (C=O) groups is 3. The number of hydrogen-bond donors (Lipinski definition) is 3. The fourth-order valence-corrected chi connectivity index (χ4v) is 1.53. The highest BCUT2D eigenvalue weighted by Gasteiger charge is 2.17. The number of methoxy groups -OCH3 is 1. The molecule has 0 saturated carbocycles. The van der Waals surface area contributed by atoms with Crippen LogP contribution in [0.15, 0.2) is 18.2 Å². The number of non-ortho nitro benzene ring substituents is 1. The van der Waals surface area contributed by atoms with Gasteiger partial charge in [-0.15, -0.1) is 0 Å². The smallest absolute Gasteiger partial charge is 0.340 e. The molecule has 3 amide bonds. The lowest BCUT2D eigenvalue weighted by molar-refractivity contribution is -0.384. The van der Waals surface area contributed by atoms with Crippen molar-refractivity contribution in [3.05, 3.63) is 33.9 Å². The van der Waals surface area contributed by atoms with E-state index in [2.05, 4.69) is 5.32 Å². The third-order valence-corrected chi connectivity index (χ3v) is 2.64. The Morgan fingerprint density at radius 2 is 2.04 bits per heavy atom. The largest absolute Gasteiger partial charge is 0.452 e. The molecule has 0 saturated heterocycles. The molecule has 130 valence electrons. The number of benzene rings is 1. The van der Waals surface area contributed by atoms with Crippen LogP contribution in [0.25, 0.3) is 0 Å². The van der Waals surface area contributed by atoms with Crippen molar-refractivity contribution < 1.29 is 28.8 Å². The molecule has 0 fully saturated rings. The molecule has 1 aromatic rings. The molecule has 11 heteroatoms. The van der Waals surface area contributed by atoms with E-state index in [-0.39, 0.29) is 30.1 Å². The second-order valence-corrected chi connectivity index (χ2v) is 4.40. The number of carbonyl (C=O) groups excluding carboxylic acids is 3. The van der Waals surface area contributed by atoms with Crippen molar-refractivity contribution in [2.24, 2.45) is 0 Å². The number of urea groups is 1. The predicted molar refractivity (Wildman–Crippen MR) is 81.2 cm³/mol. The number of ether oxygens (including phenoxy) is 2. The van der Waals surface area contributed by atoms with E-state index in [4.69, 9.17) is 15.2 Å². The van der Waals surface area contributed by atoms with E-state index in [1.165, 1.54) is 7.11 Å². The van der Waals surface area contributed by atoms with Crippen molar-refractivity contribution in [3.8, 4) is 0 Å². The zero-order valence-electron chi connectivity index (χ0n) is 12.7. The molecule has 0 aliphatic rings. The number of nitrogen functional groups attached to an aromatic ring is 1. The number of nitrogens with one attached hydrogen (secondary N) is 2. The number of hydrogen-bond acceptors (Lipinski definition) is 8. The first-order valence-corrected chi connectivity index (χ1v) is 6.62. The van der Waals surface area contributed by atoms with E-state index in [1.54, 1.807) is 0 Å². The standard InChI is InChI=1S/C13H16N4O7/c1-23-5-4-15-13(20)16-11(18)7-24-12(19)9-3-2-8(17(21)22)6-10(9)14/h2-3,6H,4-5,7,14H2,1H3,(H2,15,16,18,20). The lowest BCUT2D eigenvalue weighted by atomic mass is 10.1. The first-order valence-electron chi connectivity index (χ1n) is 6.62. The van der Waals surface area contributed by atoms with E-state index in [0.717, 1.165) is 18.2 Å². The number of nitrogens with two attached hydrogens (primary N) is 1. The summed E-state index contributed by atoms with van der Waals surface area (Å²) in [5.41, 5.74) is 4.96. The number of nitro groups is 1. The summed E-state index contributed by atoms with van der Waals surface area (Å²) in [7, 11) is 1.45. The summed E-state index contributed by atoms with van der Waals surface area (Å²) in [6.07, 6.45) is 0. The summed E-state index contributed by atoms with van der Waals surface area (Å²) >= 11 is 0. The van der Waals surface area contributed by atoms with Crippen LogP contribution in [0, 0.1) is 10.1 Å². The van der Waals surface area contributed by atoms with Crippen molar-refractivity contribution in [1.82, 2.24) is 10.6 Å². The number of anilines is 1. The maximum atomic E-state index is 11.8. The van der Waals surface area contributed by atoms with Gasteiger partial charge in [-0.25, -0.2) is 9.59 Å². The summed E-state index contributed by atoms with van der Waals surface area (Å²) in [5.74, 6) is -1.80. The molecular formula is C13H16N4O7. The molecule has 1 rings (SSSR count). The third kappa shape index (κ3) is 5.88. The fourth-order valence-electron chi connectivity index (χ4n) is 1.53. The quantitative estimate of drug-likeness (QED) is 0.202. The van der Waals surface area contributed by atoms with Gasteiger partial charge in [-0.2, -0.15) is 0 Å². The number of esters is 1. The molecule has 24 heavy (non-hydrogen) atoms.